The highest BCUT2D eigenvalue weighted by atomic mass is 79.9. The molecule has 0 aliphatic rings. The van der Waals surface area contributed by atoms with E-state index in [-0.39, 0.29) is 5.82 Å². The summed E-state index contributed by atoms with van der Waals surface area (Å²) in [7, 11) is 0. The minimum Gasteiger partial charge on any atom is -0.381 e. The Balaban J connectivity index is 2.02. The van der Waals surface area contributed by atoms with Gasteiger partial charge in [-0.2, -0.15) is 0 Å². The molecule has 0 aromatic heterocycles. The molecule has 0 fully saturated rings. The van der Waals surface area contributed by atoms with Crippen molar-refractivity contribution in [1.29, 1.82) is 0 Å². The van der Waals surface area contributed by atoms with Gasteiger partial charge in [-0.15, -0.1) is 0 Å². The van der Waals surface area contributed by atoms with Crippen molar-refractivity contribution in [2.45, 2.75) is 13.5 Å². The zero-order valence-electron chi connectivity index (χ0n) is 9.50. The Labute approximate surface area is 109 Å². The molecule has 0 amide bonds. The smallest absolute Gasteiger partial charge is 0.139 e. The lowest BCUT2D eigenvalue weighted by Gasteiger charge is -2.07. The highest BCUT2D eigenvalue weighted by molar-refractivity contribution is 9.10. The fraction of sp³-hybridized carbons (Fsp3) is 0.143. The summed E-state index contributed by atoms with van der Waals surface area (Å²) in [5, 5.41) is 3.19. The van der Waals surface area contributed by atoms with Gasteiger partial charge in [0.05, 0.1) is 4.47 Å². The molecule has 17 heavy (non-hydrogen) atoms. The quantitative estimate of drug-likeness (QED) is 0.878. The maximum absolute atomic E-state index is 13.3. The van der Waals surface area contributed by atoms with Gasteiger partial charge in [0.2, 0.25) is 0 Å². The number of benzene rings is 2. The molecule has 0 atom stereocenters. The van der Waals surface area contributed by atoms with E-state index >= 15 is 0 Å². The largest absolute Gasteiger partial charge is 0.381 e. The first-order valence-corrected chi connectivity index (χ1v) is 6.19. The van der Waals surface area contributed by atoms with Gasteiger partial charge in [-0.3, -0.25) is 0 Å². The Morgan fingerprint density at radius 1 is 1.12 bits per heavy atom. The van der Waals surface area contributed by atoms with Crippen LogP contribution in [0.15, 0.2) is 46.9 Å². The fourth-order valence-electron chi connectivity index (χ4n) is 1.52. The number of nitrogens with one attached hydrogen (secondary N) is 1. The predicted octanol–water partition coefficient (Wildman–Crippen LogP) is 4.51. The second-order valence-corrected chi connectivity index (χ2v) is 4.82. The summed E-state index contributed by atoms with van der Waals surface area (Å²) in [5.41, 5.74) is 3.20. The summed E-state index contributed by atoms with van der Waals surface area (Å²) >= 11 is 3.13. The number of rotatable bonds is 3. The maximum atomic E-state index is 13.3. The Bertz CT molecular complexity index is 508. The van der Waals surface area contributed by atoms with E-state index in [9.17, 15) is 4.39 Å². The summed E-state index contributed by atoms with van der Waals surface area (Å²) in [5.74, 6) is -0.251. The van der Waals surface area contributed by atoms with Crippen LogP contribution in [0.25, 0.3) is 0 Å². The van der Waals surface area contributed by atoms with Crippen molar-refractivity contribution in [3.05, 3.63) is 63.9 Å². The first-order valence-electron chi connectivity index (χ1n) is 5.39. The Kier molecular flexibility index (Phi) is 3.79. The van der Waals surface area contributed by atoms with Gasteiger partial charge in [-0.25, -0.2) is 4.39 Å². The topological polar surface area (TPSA) is 12.0 Å². The summed E-state index contributed by atoms with van der Waals surface area (Å²) in [6.07, 6.45) is 0. The first-order chi connectivity index (χ1) is 8.15. The Hall–Kier alpha value is -1.35. The molecule has 0 unspecified atom stereocenters. The second kappa shape index (κ2) is 5.32. The molecule has 88 valence electrons. The van der Waals surface area contributed by atoms with E-state index in [2.05, 4.69) is 52.4 Å². The van der Waals surface area contributed by atoms with Crippen LogP contribution in [0.3, 0.4) is 0 Å². The third kappa shape index (κ3) is 3.30. The van der Waals surface area contributed by atoms with Crippen molar-refractivity contribution in [3.8, 4) is 0 Å². The van der Waals surface area contributed by atoms with Crippen molar-refractivity contribution in [3.63, 3.8) is 0 Å². The van der Waals surface area contributed by atoms with Crippen LogP contribution in [-0.2, 0) is 6.54 Å². The molecule has 0 bridgehead atoms. The Morgan fingerprint density at radius 3 is 2.47 bits per heavy atom. The number of aryl methyl sites for hydroxylation is 1. The van der Waals surface area contributed by atoms with Gasteiger partial charge in [0.15, 0.2) is 0 Å². The lowest BCUT2D eigenvalue weighted by molar-refractivity contribution is 0.621. The third-order valence-corrected chi connectivity index (χ3v) is 3.18. The zero-order valence-corrected chi connectivity index (χ0v) is 11.1. The minimum atomic E-state index is -0.251. The van der Waals surface area contributed by atoms with E-state index in [1.807, 2.05) is 6.07 Å². The minimum absolute atomic E-state index is 0.251. The van der Waals surface area contributed by atoms with Crippen LogP contribution in [0.4, 0.5) is 10.1 Å². The summed E-state index contributed by atoms with van der Waals surface area (Å²) < 4.78 is 13.8. The molecular weight excluding hydrogens is 281 g/mol. The van der Waals surface area contributed by atoms with E-state index in [0.29, 0.717) is 11.0 Å². The molecule has 2 aromatic carbocycles. The molecule has 0 saturated carbocycles. The van der Waals surface area contributed by atoms with Crippen LogP contribution >= 0.6 is 15.9 Å². The average Bonchev–Trinajstić information content (AvgIpc) is 2.33. The molecule has 0 radical (unpaired) electrons. The number of hydrogen-bond donors (Lipinski definition) is 1. The van der Waals surface area contributed by atoms with Crippen LogP contribution in [0.1, 0.15) is 11.1 Å². The normalized spacial score (nSPS) is 10.3. The first kappa shape index (κ1) is 12.1. The van der Waals surface area contributed by atoms with Crippen molar-refractivity contribution in [2.75, 3.05) is 5.32 Å². The monoisotopic (exact) mass is 293 g/mol. The molecule has 1 nitrogen and oxygen atoms in total. The molecule has 0 heterocycles. The van der Waals surface area contributed by atoms with E-state index in [0.717, 1.165) is 5.69 Å². The summed E-state index contributed by atoms with van der Waals surface area (Å²) in [4.78, 5) is 0. The van der Waals surface area contributed by atoms with Gasteiger partial charge < -0.3 is 5.32 Å². The molecule has 0 spiro atoms. The Morgan fingerprint density at radius 2 is 1.82 bits per heavy atom. The maximum Gasteiger partial charge on any atom is 0.139 e. The van der Waals surface area contributed by atoms with Crippen molar-refractivity contribution in [2.24, 2.45) is 0 Å². The molecule has 3 heteroatoms. The van der Waals surface area contributed by atoms with E-state index < -0.39 is 0 Å². The lowest BCUT2D eigenvalue weighted by Crippen LogP contribution is -1.99. The average molecular weight is 294 g/mol. The van der Waals surface area contributed by atoms with Crippen LogP contribution < -0.4 is 5.32 Å². The van der Waals surface area contributed by atoms with Crippen molar-refractivity contribution >= 4 is 21.6 Å². The SMILES string of the molecule is Cc1ccc(CNc2ccc(Br)c(F)c2)cc1. The van der Waals surface area contributed by atoms with Crippen LogP contribution in [-0.4, -0.2) is 0 Å². The van der Waals surface area contributed by atoms with Crippen LogP contribution in [0.5, 0.6) is 0 Å². The van der Waals surface area contributed by atoms with E-state index in [4.69, 9.17) is 0 Å². The molecule has 2 aromatic rings. The molecule has 0 saturated heterocycles. The fourth-order valence-corrected chi connectivity index (χ4v) is 1.76. The predicted molar refractivity (Wildman–Crippen MR) is 72.6 cm³/mol. The van der Waals surface area contributed by atoms with E-state index in [1.54, 1.807) is 6.07 Å². The van der Waals surface area contributed by atoms with Gasteiger partial charge in [0, 0.05) is 12.2 Å². The van der Waals surface area contributed by atoms with Crippen LogP contribution in [0.2, 0.25) is 0 Å². The number of halogens is 2. The molecule has 0 aliphatic heterocycles. The molecular formula is C14H13BrFN. The van der Waals surface area contributed by atoms with Gasteiger partial charge in [-0.05, 0) is 46.6 Å². The molecule has 0 aliphatic carbocycles. The standard InChI is InChI=1S/C14H13BrFN/c1-10-2-4-11(5-3-10)9-17-12-6-7-13(15)14(16)8-12/h2-8,17H,9H2,1H3. The van der Waals surface area contributed by atoms with Crippen molar-refractivity contribution in [1.82, 2.24) is 0 Å². The van der Waals surface area contributed by atoms with E-state index in [1.165, 1.54) is 17.2 Å². The van der Waals surface area contributed by atoms with Crippen LogP contribution in [0, 0.1) is 12.7 Å². The molecule has 2 rings (SSSR count). The van der Waals surface area contributed by atoms with Gasteiger partial charge in [-0.1, -0.05) is 29.8 Å². The summed E-state index contributed by atoms with van der Waals surface area (Å²) in [6, 6.07) is 13.3. The lowest BCUT2D eigenvalue weighted by atomic mass is 10.1. The zero-order chi connectivity index (χ0) is 12.3. The third-order valence-electron chi connectivity index (χ3n) is 2.54. The van der Waals surface area contributed by atoms with Gasteiger partial charge in [0.25, 0.3) is 0 Å². The highest BCUT2D eigenvalue weighted by Gasteiger charge is 2.00. The van der Waals surface area contributed by atoms with Gasteiger partial charge >= 0.3 is 0 Å². The van der Waals surface area contributed by atoms with Gasteiger partial charge in [0.1, 0.15) is 5.82 Å². The highest BCUT2D eigenvalue weighted by Crippen LogP contribution is 2.19. The summed E-state index contributed by atoms with van der Waals surface area (Å²) in [6.45, 7) is 2.75. The number of hydrogen-bond acceptors (Lipinski definition) is 1. The number of anilines is 1. The molecule has 1 N–H and O–H groups in total. The van der Waals surface area contributed by atoms with Crippen molar-refractivity contribution < 1.29 is 4.39 Å². The second-order valence-electron chi connectivity index (χ2n) is 3.97.